The van der Waals surface area contributed by atoms with Crippen LogP contribution in [0.4, 0.5) is 8.78 Å². The van der Waals surface area contributed by atoms with Crippen molar-refractivity contribution in [3.05, 3.63) is 46.3 Å². The number of aromatic amines is 2. The highest BCUT2D eigenvalue weighted by molar-refractivity contribution is 7.99. The van der Waals surface area contributed by atoms with Crippen LogP contribution in [0.1, 0.15) is 39.0 Å². The van der Waals surface area contributed by atoms with Crippen LogP contribution < -0.4 is 0 Å². The van der Waals surface area contributed by atoms with Gasteiger partial charge in [-0.15, -0.1) is 0 Å². The fourth-order valence-corrected chi connectivity index (χ4v) is 3.57. The molecule has 0 radical (unpaired) electrons. The van der Waals surface area contributed by atoms with E-state index in [1.165, 1.54) is 6.92 Å². The summed E-state index contributed by atoms with van der Waals surface area (Å²) in [6.07, 6.45) is 0. The molecule has 130 valence electrons. The Kier molecular flexibility index (Phi) is 4.47. The summed E-state index contributed by atoms with van der Waals surface area (Å²) in [7, 11) is 0. The van der Waals surface area contributed by atoms with Gasteiger partial charge in [0, 0.05) is 23.4 Å². The van der Waals surface area contributed by atoms with Crippen molar-refractivity contribution in [2.45, 2.75) is 25.9 Å². The van der Waals surface area contributed by atoms with Gasteiger partial charge in [0.2, 0.25) is 0 Å². The van der Waals surface area contributed by atoms with E-state index in [4.69, 9.17) is 0 Å². The number of fused-ring (bicyclic) bond motifs is 1. The van der Waals surface area contributed by atoms with Gasteiger partial charge >= 0.3 is 0 Å². The second kappa shape index (κ2) is 6.44. The zero-order valence-corrected chi connectivity index (χ0v) is 14.6. The third-order valence-electron chi connectivity index (χ3n) is 3.91. The van der Waals surface area contributed by atoms with Crippen LogP contribution in [-0.4, -0.2) is 32.3 Å². The van der Waals surface area contributed by atoms with Crippen LogP contribution in [-0.2, 0) is 0 Å². The largest absolute Gasteiger partial charge is 0.355 e. The minimum Gasteiger partial charge on any atom is -0.355 e. The number of aromatic nitrogens is 3. The molecule has 0 bridgehead atoms. The number of halogens is 2. The molecule has 0 saturated carbocycles. The Morgan fingerprint density at radius 1 is 1.16 bits per heavy atom. The van der Waals surface area contributed by atoms with Gasteiger partial charge in [0.05, 0.1) is 22.5 Å². The lowest BCUT2D eigenvalue weighted by molar-refractivity contribution is 0.101. The van der Waals surface area contributed by atoms with Crippen LogP contribution in [0.3, 0.4) is 0 Å². The fourth-order valence-electron chi connectivity index (χ4n) is 2.81. The first-order valence-corrected chi connectivity index (χ1v) is 8.47. The van der Waals surface area contributed by atoms with Crippen molar-refractivity contribution in [2.24, 2.45) is 0 Å². The molecule has 3 rings (SSSR count). The van der Waals surface area contributed by atoms with Crippen molar-refractivity contribution < 1.29 is 18.4 Å². The number of aryl methyl sites for hydroxylation is 1. The standard InChI is InChI=1S/C17H15F2N3O2S/c1-7-15(9(3)23)8(2)20-16(7)14(24)6-25-17-21-12-4-10(18)11(19)5-13(12)22-17/h4-5,20H,6H2,1-3H3,(H,21,22). The van der Waals surface area contributed by atoms with Gasteiger partial charge in [0.15, 0.2) is 28.4 Å². The van der Waals surface area contributed by atoms with Crippen molar-refractivity contribution in [2.75, 3.05) is 5.75 Å². The van der Waals surface area contributed by atoms with E-state index < -0.39 is 11.6 Å². The summed E-state index contributed by atoms with van der Waals surface area (Å²) in [5.74, 6) is -2.14. The quantitative estimate of drug-likeness (QED) is 0.531. The molecule has 8 heteroatoms. The fraction of sp³-hybridized carbons (Fsp3) is 0.235. The van der Waals surface area contributed by atoms with Crippen LogP contribution in [0.15, 0.2) is 17.3 Å². The number of benzene rings is 1. The van der Waals surface area contributed by atoms with E-state index in [0.29, 0.717) is 38.7 Å². The number of nitrogens with one attached hydrogen (secondary N) is 2. The second-order valence-electron chi connectivity index (χ2n) is 5.72. The predicted octanol–water partition coefficient (Wildman–Crippen LogP) is 3.96. The van der Waals surface area contributed by atoms with Crippen LogP contribution in [0.2, 0.25) is 0 Å². The number of carbonyl (C=O) groups excluding carboxylic acids is 2. The van der Waals surface area contributed by atoms with Gasteiger partial charge in [-0.1, -0.05) is 11.8 Å². The van der Waals surface area contributed by atoms with Crippen molar-refractivity contribution in [1.82, 2.24) is 15.0 Å². The number of H-pyrrole nitrogens is 2. The van der Waals surface area contributed by atoms with Gasteiger partial charge in [-0.2, -0.15) is 0 Å². The predicted molar refractivity (Wildman–Crippen MR) is 91.3 cm³/mol. The number of rotatable bonds is 5. The van der Waals surface area contributed by atoms with E-state index in [0.717, 1.165) is 23.9 Å². The average Bonchev–Trinajstić information content (AvgIpc) is 3.05. The lowest BCUT2D eigenvalue weighted by Crippen LogP contribution is -2.05. The number of hydrogen-bond acceptors (Lipinski definition) is 4. The van der Waals surface area contributed by atoms with Crippen LogP contribution in [0.5, 0.6) is 0 Å². The lowest BCUT2D eigenvalue weighted by Gasteiger charge is -1.99. The number of nitrogens with zero attached hydrogens (tertiary/aromatic N) is 1. The normalized spacial score (nSPS) is 11.2. The molecule has 0 aliphatic heterocycles. The third-order valence-corrected chi connectivity index (χ3v) is 4.78. The minimum atomic E-state index is -0.971. The Morgan fingerprint density at radius 3 is 2.48 bits per heavy atom. The van der Waals surface area contributed by atoms with Crippen molar-refractivity contribution >= 4 is 34.4 Å². The molecule has 25 heavy (non-hydrogen) atoms. The number of imidazole rings is 1. The summed E-state index contributed by atoms with van der Waals surface area (Å²) < 4.78 is 26.4. The van der Waals surface area contributed by atoms with E-state index in [1.54, 1.807) is 13.8 Å². The van der Waals surface area contributed by atoms with Crippen molar-refractivity contribution in [3.8, 4) is 0 Å². The molecule has 0 amide bonds. The number of carbonyl (C=O) groups is 2. The first kappa shape index (κ1) is 17.3. The van der Waals surface area contributed by atoms with Gasteiger partial charge in [0.1, 0.15) is 0 Å². The average molecular weight is 363 g/mol. The van der Waals surface area contributed by atoms with E-state index >= 15 is 0 Å². The first-order chi connectivity index (χ1) is 11.8. The highest BCUT2D eigenvalue weighted by Crippen LogP contribution is 2.24. The summed E-state index contributed by atoms with van der Waals surface area (Å²) in [4.78, 5) is 34.0. The zero-order valence-electron chi connectivity index (χ0n) is 13.8. The smallest absolute Gasteiger partial charge is 0.189 e. The Bertz CT molecular complexity index is 968. The van der Waals surface area contributed by atoms with E-state index in [9.17, 15) is 18.4 Å². The Morgan fingerprint density at radius 2 is 1.84 bits per heavy atom. The molecular formula is C17H15F2N3O2S. The number of Topliss-reactive ketones (excluding diaryl/α,β-unsaturated/α-hetero) is 2. The van der Waals surface area contributed by atoms with E-state index in [2.05, 4.69) is 15.0 Å². The molecule has 0 unspecified atom stereocenters. The van der Waals surface area contributed by atoms with Crippen LogP contribution in [0.25, 0.3) is 11.0 Å². The van der Waals surface area contributed by atoms with Gasteiger partial charge in [0.25, 0.3) is 0 Å². The highest BCUT2D eigenvalue weighted by atomic mass is 32.2. The molecule has 0 aliphatic rings. The molecule has 0 saturated heterocycles. The molecule has 0 atom stereocenters. The Hall–Kier alpha value is -2.48. The molecule has 2 N–H and O–H groups in total. The monoisotopic (exact) mass is 363 g/mol. The molecule has 3 aromatic rings. The maximum Gasteiger partial charge on any atom is 0.189 e. The molecule has 0 spiro atoms. The van der Waals surface area contributed by atoms with Crippen molar-refractivity contribution in [1.29, 1.82) is 0 Å². The van der Waals surface area contributed by atoms with E-state index in [1.807, 2.05) is 0 Å². The summed E-state index contributed by atoms with van der Waals surface area (Å²) >= 11 is 1.13. The minimum absolute atomic E-state index is 0.0723. The molecule has 5 nitrogen and oxygen atoms in total. The van der Waals surface area contributed by atoms with Crippen LogP contribution in [0, 0.1) is 25.5 Å². The Labute approximate surface area is 146 Å². The summed E-state index contributed by atoms with van der Waals surface area (Å²) in [5, 5.41) is 0.390. The SMILES string of the molecule is CC(=O)c1c(C)[nH]c(C(=O)CSc2nc3cc(F)c(F)cc3[nH]2)c1C. The van der Waals surface area contributed by atoms with E-state index in [-0.39, 0.29) is 17.3 Å². The van der Waals surface area contributed by atoms with Gasteiger partial charge in [-0.05, 0) is 26.3 Å². The molecule has 2 aromatic heterocycles. The van der Waals surface area contributed by atoms with Gasteiger partial charge < -0.3 is 9.97 Å². The molecule has 0 fully saturated rings. The number of thioether (sulfide) groups is 1. The van der Waals surface area contributed by atoms with Gasteiger partial charge in [-0.3, -0.25) is 9.59 Å². The number of ketones is 2. The van der Waals surface area contributed by atoms with Gasteiger partial charge in [-0.25, -0.2) is 13.8 Å². The maximum atomic E-state index is 13.2. The maximum absolute atomic E-state index is 13.2. The summed E-state index contributed by atoms with van der Waals surface area (Å²) in [6.45, 7) is 4.93. The third kappa shape index (κ3) is 3.21. The first-order valence-electron chi connectivity index (χ1n) is 7.48. The number of hydrogen-bond donors (Lipinski definition) is 2. The van der Waals surface area contributed by atoms with Crippen LogP contribution >= 0.6 is 11.8 Å². The second-order valence-corrected chi connectivity index (χ2v) is 6.68. The highest BCUT2D eigenvalue weighted by Gasteiger charge is 2.20. The van der Waals surface area contributed by atoms with Crippen molar-refractivity contribution in [3.63, 3.8) is 0 Å². The molecule has 2 heterocycles. The zero-order chi connectivity index (χ0) is 18.3. The topological polar surface area (TPSA) is 78.6 Å². The molecular weight excluding hydrogens is 348 g/mol. The Balaban J connectivity index is 1.79. The molecule has 0 aliphatic carbocycles. The summed E-state index contributed by atoms with van der Waals surface area (Å²) in [5.41, 5.74) is 2.86. The lowest BCUT2D eigenvalue weighted by atomic mass is 10.1. The molecule has 1 aromatic carbocycles. The summed E-state index contributed by atoms with van der Waals surface area (Å²) in [6, 6.07) is 2.03.